The Bertz CT molecular complexity index is 435. The minimum Gasteiger partial charge on any atom is -0.358 e. The molecule has 0 aliphatic carbocycles. The van der Waals surface area contributed by atoms with Crippen LogP contribution < -0.4 is 0 Å². The second kappa shape index (κ2) is 8.77. The Morgan fingerprint density at radius 3 is 2.06 bits per heavy atom. The summed E-state index contributed by atoms with van der Waals surface area (Å²) in [4.78, 5) is 3.51. The predicted molar refractivity (Wildman–Crippen MR) is 47.7 cm³/mol. The molecule has 0 aliphatic rings. The monoisotopic (exact) mass is 564 g/mol. The Hall–Kier alpha value is -0.343. The van der Waals surface area contributed by atoms with Crippen LogP contribution in [0.4, 0.5) is 0 Å². The van der Waals surface area contributed by atoms with E-state index in [1.807, 2.05) is 18.5 Å². The van der Waals surface area contributed by atoms with Gasteiger partial charge >= 0.3 is 78.3 Å². The first-order valence-corrected chi connectivity index (χ1v) is 5.23. The van der Waals surface area contributed by atoms with Gasteiger partial charge in [0, 0.05) is 5.82 Å². The van der Waals surface area contributed by atoms with Gasteiger partial charge in [-0.1, -0.05) is 6.92 Å². The fourth-order valence-electron chi connectivity index (χ4n) is 0.553. The average Bonchev–Trinajstić information content (AvgIpc) is 2.73. The zero-order chi connectivity index (χ0) is 10.6. The van der Waals surface area contributed by atoms with E-state index < -0.39 is 0 Å². The van der Waals surface area contributed by atoms with Crippen molar-refractivity contribution in [3.8, 4) is 0 Å². The molecule has 6 nitrogen and oxygen atoms in total. The van der Waals surface area contributed by atoms with E-state index in [0.29, 0.717) is 5.82 Å². The molecule has 2 rings (SSSR count). The molecule has 0 saturated heterocycles. The zero-order valence-electron chi connectivity index (χ0n) is 9.42. The van der Waals surface area contributed by atoms with Crippen LogP contribution in [0.3, 0.4) is 0 Å². The first-order chi connectivity index (χ1) is 6.61. The van der Waals surface area contributed by atoms with Crippen molar-refractivity contribution in [2.45, 2.75) is 13.8 Å². The van der Waals surface area contributed by atoms with Gasteiger partial charge in [0.15, 0.2) is 0 Å². The van der Waals surface area contributed by atoms with E-state index in [1.54, 1.807) is 6.92 Å². The van der Waals surface area contributed by atoms with Crippen molar-refractivity contribution in [2.24, 2.45) is 7.05 Å². The summed E-state index contributed by atoms with van der Waals surface area (Å²) >= 11 is 1.31. The summed E-state index contributed by atoms with van der Waals surface area (Å²) in [5.41, 5.74) is 0. The first-order valence-electron chi connectivity index (χ1n) is 3.77. The predicted octanol–water partition coefficient (Wildman–Crippen LogP) is 1.03. The third-order valence-corrected chi connectivity index (χ3v) is 2.69. The van der Waals surface area contributed by atoms with Crippen LogP contribution in [-0.2, 0) is 47.5 Å². The third kappa shape index (κ3) is 5.66. The number of aromatic nitrogens is 4. The Morgan fingerprint density at radius 2 is 1.94 bits per heavy atom. The molecule has 16 heavy (non-hydrogen) atoms. The number of nitrogens with zero attached hydrogens (tertiary/aromatic N) is 4. The second-order valence-electron chi connectivity index (χ2n) is 2.49. The van der Waals surface area contributed by atoms with Crippen LogP contribution in [0.1, 0.15) is 11.6 Å². The Kier molecular flexibility index (Phi) is 9.88. The van der Waals surface area contributed by atoms with Crippen LogP contribution >= 0.6 is 0 Å². The number of aryl methyl sites for hydroxylation is 2. The van der Waals surface area contributed by atoms with Crippen molar-refractivity contribution >= 4 is 0 Å². The van der Waals surface area contributed by atoms with Crippen LogP contribution in [0.25, 0.3) is 0 Å². The van der Waals surface area contributed by atoms with Crippen molar-refractivity contribution in [3.63, 3.8) is 0 Å². The molecule has 0 aromatic carbocycles. The molecule has 8 heteroatoms. The van der Waals surface area contributed by atoms with Crippen molar-refractivity contribution < 1.29 is 49.5 Å². The molecule has 0 unspecified atom stereocenters. The van der Waals surface area contributed by atoms with E-state index in [9.17, 15) is 0 Å². The minimum atomic E-state index is 0. The van der Waals surface area contributed by atoms with Crippen molar-refractivity contribution in [2.75, 3.05) is 0 Å². The van der Waals surface area contributed by atoms with Gasteiger partial charge in [0.05, 0.1) is 6.39 Å². The molecule has 2 aromatic rings. The quantitative estimate of drug-likeness (QED) is 0.448. The molecule has 0 atom stereocenters. The summed E-state index contributed by atoms with van der Waals surface area (Å²) < 4.78 is 11.9. The van der Waals surface area contributed by atoms with E-state index in [0.717, 1.165) is 9.70 Å². The SMILES string of the molecule is Cc1n[c-]on1.Cc1no[c](=[W])n1C.[CH3-].[W+2]. The molecule has 0 saturated carbocycles. The van der Waals surface area contributed by atoms with Crippen molar-refractivity contribution in [1.82, 2.24) is 19.9 Å². The molecule has 0 spiro atoms. The van der Waals surface area contributed by atoms with Gasteiger partial charge in [0.2, 0.25) is 0 Å². The molecule has 0 N–H and O–H groups in total. The molecule has 2 heterocycles. The van der Waals surface area contributed by atoms with Crippen LogP contribution in [0.5, 0.6) is 0 Å². The second-order valence-corrected chi connectivity index (χ2v) is 3.74. The fraction of sp³-hybridized carbons (Fsp3) is 0.375. The fourth-order valence-corrected chi connectivity index (χ4v) is 1.16. The molecular formula is C8H12N4O2W2. The largest absolute Gasteiger partial charge is 2.00 e. The topological polar surface area (TPSA) is 69.9 Å². The molecule has 0 amide bonds. The van der Waals surface area contributed by atoms with Crippen LogP contribution in [0.15, 0.2) is 9.05 Å². The Labute approximate surface area is 119 Å². The Balaban J connectivity index is 0. The molecule has 88 valence electrons. The van der Waals surface area contributed by atoms with E-state index in [4.69, 9.17) is 4.52 Å². The molecule has 0 fully saturated rings. The summed E-state index contributed by atoms with van der Waals surface area (Å²) in [7, 11) is 1.94. The minimum absolute atomic E-state index is 0. The summed E-state index contributed by atoms with van der Waals surface area (Å²) in [5.74, 6) is 1.55. The van der Waals surface area contributed by atoms with E-state index >= 15 is 0 Å². The maximum atomic E-state index is 4.84. The Morgan fingerprint density at radius 1 is 1.31 bits per heavy atom. The first kappa shape index (κ1) is 18.0. The van der Waals surface area contributed by atoms with Gasteiger partial charge in [-0.15, -0.1) is 0 Å². The number of rotatable bonds is 0. The van der Waals surface area contributed by atoms with Crippen LogP contribution in [0, 0.1) is 31.5 Å². The van der Waals surface area contributed by atoms with Gasteiger partial charge in [-0.3, -0.25) is 0 Å². The molecule has 0 aliphatic heterocycles. The standard InChI is InChI=1S/C4H6N2O.C3H3N2O.CH3.2W/c1-4-5-7-3-6(4)2;1-3-4-2-6-5-3;;;/h1-2H3;1H3;1H3;;/q;2*-1;;+2. The summed E-state index contributed by atoms with van der Waals surface area (Å²) in [6.07, 6.45) is 2.19. The van der Waals surface area contributed by atoms with E-state index in [1.165, 1.54) is 19.4 Å². The van der Waals surface area contributed by atoms with Gasteiger partial charge in [-0.05, 0) is 0 Å². The maximum absolute atomic E-state index is 4.84. The van der Waals surface area contributed by atoms with Crippen LogP contribution in [-0.4, -0.2) is 19.9 Å². The number of hydrogen-bond donors (Lipinski definition) is 0. The molecule has 2 aromatic heterocycles. The van der Waals surface area contributed by atoms with Gasteiger partial charge in [-0.25, -0.2) is 0 Å². The third-order valence-electron chi connectivity index (χ3n) is 1.44. The summed E-state index contributed by atoms with van der Waals surface area (Å²) in [6, 6.07) is 0. The maximum Gasteiger partial charge on any atom is 2.00 e. The summed E-state index contributed by atoms with van der Waals surface area (Å²) in [5, 5.41) is 7.10. The molecule has 0 radical (unpaired) electrons. The van der Waals surface area contributed by atoms with E-state index in [-0.39, 0.29) is 28.5 Å². The van der Waals surface area contributed by atoms with Crippen molar-refractivity contribution in [3.05, 3.63) is 29.3 Å². The summed E-state index contributed by atoms with van der Waals surface area (Å²) in [6.45, 7) is 3.65. The van der Waals surface area contributed by atoms with Gasteiger partial charge in [0.1, 0.15) is 0 Å². The molecular weight excluding hydrogens is 552 g/mol. The van der Waals surface area contributed by atoms with Crippen LogP contribution in [0.2, 0.25) is 0 Å². The average molecular weight is 564 g/mol. The normalized spacial score (nSPS) is 8.19. The van der Waals surface area contributed by atoms with Gasteiger partial charge in [0.25, 0.3) is 0 Å². The van der Waals surface area contributed by atoms with Gasteiger partial charge < -0.3 is 16.9 Å². The van der Waals surface area contributed by atoms with E-state index in [2.05, 4.69) is 26.2 Å². The smallest absolute Gasteiger partial charge is 0.358 e. The zero-order valence-corrected chi connectivity index (χ0v) is 15.3. The molecule has 0 bridgehead atoms. The van der Waals surface area contributed by atoms with Gasteiger partial charge in [-0.2, -0.15) is 5.16 Å². The number of hydrogen-bond acceptors (Lipinski definition) is 5. The van der Waals surface area contributed by atoms with Crippen molar-refractivity contribution in [1.29, 1.82) is 0 Å².